The highest BCUT2D eigenvalue weighted by Crippen LogP contribution is 2.18. The van der Waals surface area contributed by atoms with E-state index in [1.54, 1.807) is 12.1 Å². The first-order valence-electron chi connectivity index (χ1n) is 7.54. The summed E-state index contributed by atoms with van der Waals surface area (Å²) in [4.78, 5) is 13.0. The first kappa shape index (κ1) is 18.0. The fraction of sp³-hybridized carbons (Fsp3) is 0.278. The minimum atomic E-state index is -4.88. The number of carbonyl (C=O) groups is 1. The number of likely N-dealkylation sites (N-methyl/N-ethyl adjacent to an activating group) is 1. The van der Waals surface area contributed by atoms with Gasteiger partial charge in [-0.3, -0.25) is 4.79 Å². The van der Waals surface area contributed by atoms with Gasteiger partial charge in [-0.05, 0) is 36.7 Å². The molecule has 1 N–H and O–H groups in total. The minimum absolute atomic E-state index is 0.138. The summed E-state index contributed by atoms with van der Waals surface area (Å²) in [6.07, 6.45) is -4.10. The van der Waals surface area contributed by atoms with E-state index in [4.69, 9.17) is 0 Å². The summed E-state index contributed by atoms with van der Waals surface area (Å²) >= 11 is 0. The van der Waals surface area contributed by atoms with E-state index in [0.717, 1.165) is 25.1 Å². The molecule has 3 nitrogen and oxygen atoms in total. The van der Waals surface area contributed by atoms with Crippen LogP contribution in [-0.4, -0.2) is 30.6 Å². The van der Waals surface area contributed by atoms with E-state index < -0.39 is 12.1 Å². The van der Waals surface area contributed by atoms with Gasteiger partial charge in [0.05, 0.1) is 0 Å². The Bertz CT molecular complexity index is 654. The minimum Gasteiger partial charge on any atom is -0.318 e. The second-order valence-electron chi connectivity index (χ2n) is 5.62. The zero-order valence-electron chi connectivity index (χ0n) is 13.3. The van der Waals surface area contributed by atoms with E-state index in [9.17, 15) is 18.0 Å². The van der Waals surface area contributed by atoms with E-state index in [1.807, 2.05) is 30.6 Å². The first-order chi connectivity index (χ1) is 11.3. The average molecular weight is 336 g/mol. The lowest BCUT2D eigenvalue weighted by Crippen LogP contribution is -2.29. The molecule has 0 saturated carbocycles. The Labute approximate surface area is 139 Å². The van der Waals surface area contributed by atoms with Gasteiger partial charge < -0.3 is 10.2 Å². The Morgan fingerprint density at radius 2 is 1.62 bits per heavy atom. The molecular formula is C18H19F3N2O. The molecule has 0 aliphatic heterocycles. The van der Waals surface area contributed by atoms with Crippen LogP contribution in [0.15, 0.2) is 54.6 Å². The molecule has 0 heterocycles. The molecule has 1 amide bonds. The number of hydrogen-bond donors (Lipinski definition) is 1. The van der Waals surface area contributed by atoms with Crippen LogP contribution in [0.1, 0.15) is 11.1 Å². The second-order valence-corrected chi connectivity index (χ2v) is 5.62. The molecule has 0 saturated heterocycles. The maximum absolute atomic E-state index is 12.2. The van der Waals surface area contributed by atoms with Gasteiger partial charge in [0.2, 0.25) is 0 Å². The van der Waals surface area contributed by atoms with Crippen LogP contribution >= 0.6 is 0 Å². The molecule has 0 atom stereocenters. The summed E-state index contributed by atoms with van der Waals surface area (Å²) in [5, 5.41) is 1.83. The maximum atomic E-state index is 12.2. The zero-order valence-corrected chi connectivity index (χ0v) is 13.3. The molecular weight excluding hydrogens is 317 g/mol. The number of alkyl halides is 3. The second kappa shape index (κ2) is 7.97. The SMILES string of the molecule is CN(CCc1ccc(NC(=O)C(F)(F)F)cc1)Cc1ccccc1. The number of carbonyl (C=O) groups excluding carboxylic acids is 1. The van der Waals surface area contributed by atoms with Crippen molar-refractivity contribution in [2.45, 2.75) is 19.1 Å². The van der Waals surface area contributed by atoms with Crippen molar-refractivity contribution in [1.82, 2.24) is 4.90 Å². The summed E-state index contributed by atoms with van der Waals surface area (Å²) in [7, 11) is 2.02. The van der Waals surface area contributed by atoms with E-state index >= 15 is 0 Å². The molecule has 0 radical (unpaired) electrons. The summed E-state index contributed by atoms with van der Waals surface area (Å²) < 4.78 is 36.6. The van der Waals surface area contributed by atoms with Crippen molar-refractivity contribution in [1.29, 1.82) is 0 Å². The normalized spacial score (nSPS) is 11.5. The molecule has 2 aromatic carbocycles. The molecule has 128 valence electrons. The predicted molar refractivity (Wildman–Crippen MR) is 87.6 cm³/mol. The molecule has 0 spiro atoms. The van der Waals surface area contributed by atoms with Gasteiger partial charge in [-0.15, -0.1) is 0 Å². The molecule has 24 heavy (non-hydrogen) atoms. The number of rotatable bonds is 6. The Kier molecular flexibility index (Phi) is 5.98. The molecule has 0 aliphatic rings. The molecule has 2 aromatic rings. The van der Waals surface area contributed by atoms with Crippen molar-refractivity contribution in [3.63, 3.8) is 0 Å². The Hall–Kier alpha value is -2.34. The highest BCUT2D eigenvalue weighted by Gasteiger charge is 2.38. The van der Waals surface area contributed by atoms with Crippen LogP contribution in [0.4, 0.5) is 18.9 Å². The van der Waals surface area contributed by atoms with Gasteiger partial charge in [-0.25, -0.2) is 0 Å². The van der Waals surface area contributed by atoms with E-state index in [2.05, 4.69) is 17.0 Å². The van der Waals surface area contributed by atoms with Gasteiger partial charge in [-0.2, -0.15) is 13.2 Å². The third-order valence-corrected chi connectivity index (χ3v) is 3.55. The summed E-state index contributed by atoms with van der Waals surface area (Å²) in [5.74, 6) is -1.96. The van der Waals surface area contributed by atoms with Crippen molar-refractivity contribution in [3.8, 4) is 0 Å². The van der Waals surface area contributed by atoms with Gasteiger partial charge >= 0.3 is 12.1 Å². The Morgan fingerprint density at radius 3 is 2.21 bits per heavy atom. The van der Waals surface area contributed by atoms with Crippen LogP contribution < -0.4 is 5.32 Å². The third kappa shape index (κ3) is 5.70. The van der Waals surface area contributed by atoms with Crippen LogP contribution in [0.2, 0.25) is 0 Å². The zero-order chi connectivity index (χ0) is 17.6. The van der Waals surface area contributed by atoms with Crippen molar-refractivity contribution >= 4 is 11.6 Å². The van der Waals surface area contributed by atoms with Gasteiger partial charge in [0.1, 0.15) is 0 Å². The van der Waals surface area contributed by atoms with Crippen molar-refractivity contribution in [2.24, 2.45) is 0 Å². The number of nitrogens with one attached hydrogen (secondary N) is 1. The molecule has 0 unspecified atom stereocenters. The molecule has 0 aromatic heterocycles. The van der Waals surface area contributed by atoms with E-state index in [1.165, 1.54) is 17.7 Å². The Balaban J connectivity index is 1.82. The lowest BCUT2D eigenvalue weighted by atomic mass is 10.1. The molecule has 0 fully saturated rings. The number of hydrogen-bond acceptors (Lipinski definition) is 2. The first-order valence-corrected chi connectivity index (χ1v) is 7.54. The van der Waals surface area contributed by atoms with Crippen LogP contribution in [0.5, 0.6) is 0 Å². The fourth-order valence-electron chi connectivity index (χ4n) is 2.25. The number of amides is 1. The number of anilines is 1. The Morgan fingerprint density at radius 1 is 1.00 bits per heavy atom. The number of benzene rings is 2. The molecule has 2 rings (SSSR count). The van der Waals surface area contributed by atoms with Gasteiger partial charge in [-0.1, -0.05) is 42.5 Å². The van der Waals surface area contributed by atoms with Crippen molar-refractivity contribution in [2.75, 3.05) is 18.9 Å². The van der Waals surface area contributed by atoms with Crippen LogP contribution in [-0.2, 0) is 17.8 Å². The quantitative estimate of drug-likeness (QED) is 0.869. The molecule has 0 aliphatic carbocycles. The van der Waals surface area contributed by atoms with Crippen molar-refractivity contribution < 1.29 is 18.0 Å². The lowest BCUT2D eigenvalue weighted by Gasteiger charge is -2.16. The number of halogens is 3. The topological polar surface area (TPSA) is 32.3 Å². The van der Waals surface area contributed by atoms with Gasteiger partial charge in [0, 0.05) is 18.8 Å². The van der Waals surface area contributed by atoms with Crippen molar-refractivity contribution in [3.05, 3.63) is 65.7 Å². The summed E-state index contributed by atoms with van der Waals surface area (Å²) in [6, 6.07) is 16.5. The molecule has 6 heteroatoms. The largest absolute Gasteiger partial charge is 0.471 e. The standard InChI is InChI=1S/C18H19F3N2O/c1-23(13-15-5-3-2-4-6-15)12-11-14-7-9-16(10-8-14)22-17(24)18(19,20)21/h2-10H,11-13H2,1H3,(H,22,24). The predicted octanol–water partition coefficient (Wildman–Crippen LogP) is 3.86. The van der Waals surface area contributed by atoms with Crippen LogP contribution in [0.25, 0.3) is 0 Å². The monoisotopic (exact) mass is 336 g/mol. The fourth-order valence-corrected chi connectivity index (χ4v) is 2.25. The van der Waals surface area contributed by atoms with Crippen LogP contribution in [0.3, 0.4) is 0 Å². The van der Waals surface area contributed by atoms with E-state index in [-0.39, 0.29) is 5.69 Å². The highest BCUT2D eigenvalue weighted by molar-refractivity contribution is 5.94. The number of nitrogens with zero attached hydrogens (tertiary/aromatic N) is 1. The average Bonchev–Trinajstić information content (AvgIpc) is 2.54. The molecule has 0 bridgehead atoms. The summed E-state index contributed by atoms with van der Waals surface area (Å²) in [6.45, 7) is 1.66. The van der Waals surface area contributed by atoms with Gasteiger partial charge in [0.15, 0.2) is 0 Å². The highest BCUT2D eigenvalue weighted by atomic mass is 19.4. The summed E-state index contributed by atoms with van der Waals surface area (Å²) in [5.41, 5.74) is 2.36. The lowest BCUT2D eigenvalue weighted by molar-refractivity contribution is -0.167. The maximum Gasteiger partial charge on any atom is 0.471 e. The van der Waals surface area contributed by atoms with Crippen LogP contribution in [0, 0.1) is 0 Å². The third-order valence-electron chi connectivity index (χ3n) is 3.55. The van der Waals surface area contributed by atoms with Gasteiger partial charge in [0.25, 0.3) is 0 Å². The van der Waals surface area contributed by atoms with E-state index in [0.29, 0.717) is 0 Å². The smallest absolute Gasteiger partial charge is 0.318 e.